The smallest absolute Gasteiger partial charge is 0.343 e. The fourth-order valence-corrected chi connectivity index (χ4v) is 3.27. The number of rotatable bonds is 5. The number of amides is 1. The molecule has 3 aromatic rings. The number of ether oxygens (including phenoxy) is 1. The van der Waals surface area contributed by atoms with Crippen LogP contribution in [0.3, 0.4) is 0 Å². The molecule has 146 valence electrons. The summed E-state index contributed by atoms with van der Waals surface area (Å²) in [6, 6.07) is 19.3. The monoisotopic (exact) mass is 514 g/mol. The van der Waals surface area contributed by atoms with Gasteiger partial charge in [-0.1, -0.05) is 45.8 Å². The first kappa shape index (κ1) is 21.0. The minimum Gasteiger partial charge on any atom is -0.422 e. The number of halogens is 2. The third kappa shape index (κ3) is 5.62. The van der Waals surface area contributed by atoms with Gasteiger partial charge in [0.15, 0.2) is 0 Å². The van der Waals surface area contributed by atoms with Crippen molar-refractivity contribution in [2.45, 2.75) is 6.92 Å². The maximum atomic E-state index is 12.4. The normalized spacial score (nSPS) is 10.7. The van der Waals surface area contributed by atoms with Crippen molar-refractivity contribution in [2.75, 3.05) is 0 Å². The third-order valence-electron chi connectivity index (χ3n) is 3.95. The molecule has 7 heteroatoms. The van der Waals surface area contributed by atoms with E-state index in [1.165, 1.54) is 6.21 Å². The van der Waals surface area contributed by atoms with Gasteiger partial charge in [0.2, 0.25) is 0 Å². The first-order valence-corrected chi connectivity index (χ1v) is 10.2. The summed E-state index contributed by atoms with van der Waals surface area (Å²) >= 11 is 6.72. The highest BCUT2D eigenvalue weighted by Crippen LogP contribution is 2.23. The zero-order valence-electron chi connectivity index (χ0n) is 15.4. The molecule has 0 radical (unpaired) electrons. The summed E-state index contributed by atoms with van der Waals surface area (Å²) < 4.78 is 6.97. The van der Waals surface area contributed by atoms with E-state index in [0.29, 0.717) is 26.9 Å². The highest BCUT2D eigenvalue weighted by atomic mass is 79.9. The highest BCUT2D eigenvalue weighted by Gasteiger charge is 2.12. The number of benzene rings is 3. The number of esters is 1. The molecule has 29 heavy (non-hydrogen) atoms. The number of hydrazone groups is 1. The van der Waals surface area contributed by atoms with E-state index in [-0.39, 0.29) is 5.91 Å². The van der Waals surface area contributed by atoms with Gasteiger partial charge in [0, 0.05) is 14.5 Å². The molecule has 0 atom stereocenters. The van der Waals surface area contributed by atoms with E-state index < -0.39 is 5.97 Å². The van der Waals surface area contributed by atoms with Gasteiger partial charge in [-0.05, 0) is 65.3 Å². The molecule has 0 saturated heterocycles. The molecule has 0 unspecified atom stereocenters. The zero-order chi connectivity index (χ0) is 20.8. The third-order valence-corrected chi connectivity index (χ3v) is 5.13. The Labute approximate surface area is 185 Å². The SMILES string of the molecule is Cc1ccc(C(=O)Oc2ccc(Br)cc2C=NNC(=O)c2ccccc2Br)cc1. The Balaban J connectivity index is 1.75. The van der Waals surface area contributed by atoms with Crippen molar-refractivity contribution in [1.29, 1.82) is 0 Å². The number of aryl methyl sites for hydroxylation is 1. The van der Waals surface area contributed by atoms with Gasteiger partial charge in [-0.2, -0.15) is 5.10 Å². The first-order valence-electron chi connectivity index (χ1n) is 8.60. The van der Waals surface area contributed by atoms with Gasteiger partial charge >= 0.3 is 5.97 Å². The Bertz CT molecular complexity index is 1080. The van der Waals surface area contributed by atoms with Gasteiger partial charge in [-0.25, -0.2) is 10.2 Å². The van der Waals surface area contributed by atoms with Crippen LogP contribution in [0.15, 0.2) is 80.8 Å². The minimum atomic E-state index is -0.473. The Morgan fingerprint density at radius 2 is 1.72 bits per heavy atom. The van der Waals surface area contributed by atoms with Crippen molar-refractivity contribution < 1.29 is 14.3 Å². The molecule has 5 nitrogen and oxygen atoms in total. The quantitative estimate of drug-likeness (QED) is 0.211. The molecule has 0 heterocycles. The maximum absolute atomic E-state index is 12.4. The number of nitrogens with one attached hydrogen (secondary N) is 1. The van der Waals surface area contributed by atoms with Crippen LogP contribution in [-0.4, -0.2) is 18.1 Å². The Morgan fingerprint density at radius 3 is 2.45 bits per heavy atom. The van der Waals surface area contributed by atoms with Crippen LogP contribution in [0.4, 0.5) is 0 Å². The highest BCUT2D eigenvalue weighted by molar-refractivity contribution is 9.10. The van der Waals surface area contributed by atoms with Crippen molar-refractivity contribution in [3.05, 3.63) is 97.9 Å². The van der Waals surface area contributed by atoms with Gasteiger partial charge in [-0.15, -0.1) is 0 Å². The lowest BCUT2D eigenvalue weighted by molar-refractivity contribution is 0.0734. The molecule has 3 rings (SSSR count). The lowest BCUT2D eigenvalue weighted by atomic mass is 10.1. The van der Waals surface area contributed by atoms with E-state index in [9.17, 15) is 9.59 Å². The second-order valence-electron chi connectivity index (χ2n) is 6.12. The fraction of sp³-hybridized carbons (Fsp3) is 0.0455. The largest absolute Gasteiger partial charge is 0.422 e. The molecule has 0 spiro atoms. The molecule has 3 aromatic carbocycles. The summed E-state index contributed by atoms with van der Waals surface area (Å²) in [5, 5.41) is 3.99. The predicted octanol–water partition coefficient (Wildman–Crippen LogP) is 5.50. The molecule has 1 amide bonds. The average Bonchev–Trinajstić information content (AvgIpc) is 2.70. The van der Waals surface area contributed by atoms with Crippen LogP contribution in [0.5, 0.6) is 5.75 Å². The molecule has 0 saturated carbocycles. The van der Waals surface area contributed by atoms with Crippen LogP contribution < -0.4 is 10.2 Å². The zero-order valence-corrected chi connectivity index (χ0v) is 18.5. The number of hydrogen-bond acceptors (Lipinski definition) is 4. The van der Waals surface area contributed by atoms with Crippen LogP contribution in [0.25, 0.3) is 0 Å². The predicted molar refractivity (Wildman–Crippen MR) is 119 cm³/mol. The van der Waals surface area contributed by atoms with E-state index in [0.717, 1.165) is 10.0 Å². The Kier molecular flexibility index (Phi) is 6.95. The summed E-state index contributed by atoms with van der Waals surface area (Å²) in [4.78, 5) is 24.7. The molecule has 0 fully saturated rings. The van der Waals surface area contributed by atoms with Crippen LogP contribution in [0.2, 0.25) is 0 Å². The van der Waals surface area contributed by atoms with E-state index in [4.69, 9.17) is 4.74 Å². The maximum Gasteiger partial charge on any atom is 0.343 e. The number of carbonyl (C=O) groups is 2. The van der Waals surface area contributed by atoms with Crippen molar-refractivity contribution in [3.8, 4) is 5.75 Å². The van der Waals surface area contributed by atoms with E-state index in [1.54, 1.807) is 48.5 Å². The van der Waals surface area contributed by atoms with E-state index in [2.05, 4.69) is 42.4 Å². The van der Waals surface area contributed by atoms with Crippen molar-refractivity contribution in [1.82, 2.24) is 5.43 Å². The summed E-state index contributed by atoms with van der Waals surface area (Å²) in [6.45, 7) is 1.95. The minimum absolute atomic E-state index is 0.331. The Morgan fingerprint density at radius 1 is 1.00 bits per heavy atom. The van der Waals surface area contributed by atoms with Gasteiger partial charge in [0.05, 0.1) is 17.3 Å². The molecule has 1 N–H and O–H groups in total. The van der Waals surface area contributed by atoms with Crippen molar-refractivity contribution >= 4 is 50.0 Å². The molecular formula is C22H16Br2N2O3. The van der Waals surface area contributed by atoms with Crippen LogP contribution in [-0.2, 0) is 0 Å². The molecule has 0 aliphatic heterocycles. The molecule has 0 bridgehead atoms. The van der Waals surface area contributed by atoms with Gasteiger partial charge < -0.3 is 4.74 Å². The first-order chi connectivity index (χ1) is 13.9. The molecule has 0 aliphatic carbocycles. The van der Waals surface area contributed by atoms with Crippen LogP contribution in [0, 0.1) is 6.92 Å². The number of nitrogens with zero attached hydrogens (tertiary/aromatic N) is 1. The van der Waals surface area contributed by atoms with Crippen LogP contribution >= 0.6 is 31.9 Å². The summed E-state index contributed by atoms with van der Waals surface area (Å²) in [5.74, 6) is -0.501. The standard InChI is InChI=1S/C22H16Br2N2O3/c1-14-6-8-15(9-7-14)22(28)29-20-11-10-17(23)12-16(20)13-25-26-21(27)18-4-2-3-5-19(18)24/h2-13H,1H3,(H,26,27). The average molecular weight is 516 g/mol. The Hall–Kier alpha value is -2.77. The van der Waals surface area contributed by atoms with E-state index in [1.807, 2.05) is 25.1 Å². The van der Waals surface area contributed by atoms with Gasteiger partial charge in [0.1, 0.15) is 5.75 Å². The summed E-state index contributed by atoms with van der Waals surface area (Å²) in [6.07, 6.45) is 1.43. The van der Waals surface area contributed by atoms with E-state index >= 15 is 0 Å². The number of hydrogen-bond donors (Lipinski definition) is 1. The second-order valence-corrected chi connectivity index (χ2v) is 7.89. The molecular weight excluding hydrogens is 500 g/mol. The van der Waals surface area contributed by atoms with Gasteiger partial charge in [0.25, 0.3) is 5.91 Å². The molecule has 0 aliphatic rings. The topological polar surface area (TPSA) is 67.8 Å². The summed E-state index contributed by atoms with van der Waals surface area (Å²) in [7, 11) is 0. The van der Waals surface area contributed by atoms with Gasteiger partial charge in [-0.3, -0.25) is 4.79 Å². The lowest BCUT2D eigenvalue weighted by Gasteiger charge is -2.08. The lowest BCUT2D eigenvalue weighted by Crippen LogP contribution is -2.18. The number of carbonyl (C=O) groups excluding carboxylic acids is 2. The summed E-state index contributed by atoms with van der Waals surface area (Å²) in [5.41, 5.74) is 4.97. The van der Waals surface area contributed by atoms with Crippen molar-refractivity contribution in [2.24, 2.45) is 5.10 Å². The van der Waals surface area contributed by atoms with Crippen molar-refractivity contribution in [3.63, 3.8) is 0 Å². The van der Waals surface area contributed by atoms with Crippen LogP contribution in [0.1, 0.15) is 31.8 Å². The molecule has 0 aromatic heterocycles. The second kappa shape index (κ2) is 9.62. The fourth-order valence-electron chi connectivity index (χ4n) is 2.43.